The van der Waals surface area contributed by atoms with E-state index in [0.29, 0.717) is 26.1 Å². The van der Waals surface area contributed by atoms with E-state index >= 15 is 0 Å². The number of nitrogens with one attached hydrogen (secondary N) is 2. The molecule has 0 spiro atoms. The van der Waals surface area contributed by atoms with Gasteiger partial charge in [0, 0.05) is 19.3 Å². The number of halogens is 1. The third-order valence-corrected chi connectivity index (χ3v) is 4.88. The lowest BCUT2D eigenvalue weighted by Crippen LogP contribution is -2.34. The van der Waals surface area contributed by atoms with E-state index in [1.807, 2.05) is 12.1 Å². The standard InChI is InChI=1S/C23H28FN9O2/c24-19-9-2-1-7-17(19)13-22(34)29-21(25)16-32(26)11-5-6-12-33-15-20(30-31-33)23(35)28-14-18-8-3-4-10-27-18/h1-4,7-10,15-16H,5-6,11-14,25-26H2,(H,28,35)(H,29,34)/b21-16+. The molecule has 0 fully saturated rings. The summed E-state index contributed by atoms with van der Waals surface area (Å²) in [6.07, 6.45) is 5.93. The maximum atomic E-state index is 13.6. The van der Waals surface area contributed by atoms with Gasteiger partial charge >= 0.3 is 0 Å². The summed E-state index contributed by atoms with van der Waals surface area (Å²) in [4.78, 5) is 28.4. The lowest BCUT2D eigenvalue weighted by atomic mass is 10.1. The molecule has 0 aliphatic carbocycles. The summed E-state index contributed by atoms with van der Waals surface area (Å²) in [6, 6.07) is 11.5. The van der Waals surface area contributed by atoms with Crippen LogP contribution in [0.15, 0.2) is 66.9 Å². The second-order valence-corrected chi connectivity index (χ2v) is 7.72. The van der Waals surface area contributed by atoms with Crippen LogP contribution in [0, 0.1) is 5.82 Å². The van der Waals surface area contributed by atoms with Gasteiger partial charge in [0.25, 0.3) is 5.91 Å². The molecule has 0 saturated carbocycles. The quantitative estimate of drug-likeness (QED) is 0.168. The average molecular weight is 482 g/mol. The van der Waals surface area contributed by atoms with Crippen LogP contribution in [0.2, 0.25) is 0 Å². The van der Waals surface area contributed by atoms with Crippen LogP contribution >= 0.6 is 0 Å². The van der Waals surface area contributed by atoms with E-state index in [-0.39, 0.29) is 29.4 Å². The highest BCUT2D eigenvalue weighted by molar-refractivity contribution is 5.91. The van der Waals surface area contributed by atoms with Crippen molar-refractivity contribution in [2.75, 3.05) is 6.54 Å². The molecule has 2 amide bonds. The molecule has 12 heteroatoms. The Morgan fingerprint density at radius 2 is 1.94 bits per heavy atom. The number of aromatic nitrogens is 4. The van der Waals surface area contributed by atoms with Crippen LogP contribution < -0.4 is 22.2 Å². The van der Waals surface area contributed by atoms with Crippen LogP contribution in [0.1, 0.15) is 34.6 Å². The van der Waals surface area contributed by atoms with Crippen molar-refractivity contribution >= 4 is 11.8 Å². The van der Waals surface area contributed by atoms with Gasteiger partial charge < -0.3 is 21.4 Å². The highest BCUT2D eigenvalue weighted by atomic mass is 19.1. The molecule has 0 radical (unpaired) electrons. The minimum absolute atomic E-state index is 0.0615. The molecular weight excluding hydrogens is 453 g/mol. The first kappa shape index (κ1) is 25.3. The number of amides is 2. The lowest BCUT2D eigenvalue weighted by Gasteiger charge is -2.15. The molecule has 0 aliphatic heterocycles. The number of unbranched alkanes of at least 4 members (excludes halogenated alkanes) is 1. The molecule has 0 atom stereocenters. The SMILES string of the molecule is N/C(=C\N(N)CCCCn1cc(C(=O)NCc2ccccn2)nn1)NC(=O)Cc1ccccc1F. The fourth-order valence-electron chi connectivity index (χ4n) is 3.14. The Kier molecular flexibility index (Phi) is 9.25. The van der Waals surface area contributed by atoms with Gasteiger partial charge in [0.2, 0.25) is 5.91 Å². The van der Waals surface area contributed by atoms with E-state index in [0.717, 1.165) is 12.1 Å². The predicted octanol–water partition coefficient (Wildman–Crippen LogP) is 0.815. The van der Waals surface area contributed by atoms with Gasteiger partial charge in [-0.3, -0.25) is 19.3 Å². The van der Waals surface area contributed by atoms with Crippen LogP contribution in [0.5, 0.6) is 0 Å². The Labute approximate surface area is 202 Å². The number of rotatable bonds is 12. The molecular formula is C23H28FN9O2. The van der Waals surface area contributed by atoms with Crippen molar-refractivity contribution < 1.29 is 14.0 Å². The zero-order valence-electron chi connectivity index (χ0n) is 19.1. The van der Waals surface area contributed by atoms with Gasteiger partial charge in [-0.25, -0.2) is 10.2 Å². The summed E-state index contributed by atoms with van der Waals surface area (Å²) in [7, 11) is 0. The van der Waals surface area contributed by atoms with Crippen molar-refractivity contribution in [3.8, 4) is 0 Å². The number of hydrazine groups is 1. The van der Waals surface area contributed by atoms with Crippen LogP contribution in [-0.4, -0.2) is 43.3 Å². The maximum absolute atomic E-state index is 13.6. The fraction of sp³-hybridized carbons (Fsp3) is 0.261. The van der Waals surface area contributed by atoms with E-state index < -0.39 is 11.7 Å². The Morgan fingerprint density at radius 1 is 1.14 bits per heavy atom. The van der Waals surface area contributed by atoms with Gasteiger partial charge in [-0.15, -0.1) is 5.10 Å². The molecule has 2 heterocycles. The second-order valence-electron chi connectivity index (χ2n) is 7.72. The summed E-state index contributed by atoms with van der Waals surface area (Å²) >= 11 is 0. The minimum Gasteiger partial charge on any atom is -0.384 e. The van der Waals surface area contributed by atoms with Gasteiger partial charge in [0.1, 0.15) is 11.6 Å². The first-order valence-corrected chi connectivity index (χ1v) is 11.0. The number of carbonyl (C=O) groups excluding carboxylic acids is 2. The van der Waals surface area contributed by atoms with Crippen molar-refractivity contribution in [3.63, 3.8) is 0 Å². The number of carbonyl (C=O) groups is 2. The van der Waals surface area contributed by atoms with Crippen LogP contribution in [-0.2, 0) is 24.3 Å². The van der Waals surface area contributed by atoms with Crippen molar-refractivity contribution in [2.24, 2.45) is 11.6 Å². The fourth-order valence-corrected chi connectivity index (χ4v) is 3.14. The molecule has 11 nitrogen and oxygen atoms in total. The molecule has 1 aromatic carbocycles. The topological polar surface area (TPSA) is 157 Å². The third kappa shape index (κ3) is 8.51. The molecule has 3 rings (SSSR count). The van der Waals surface area contributed by atoms with Crippen molar-refractivity contribution in [1.29, 1.82) is 0 Å². The third-order valence-electron chi connectivity index (χ3n) is 4.88. The Hall–Kier alpha value is -4.32. The molecule has 35 heavy (non-hydrogen) atoms. The average Bonchev–Trinajstić information content (AvgIpc) is 3.31. The number of aryl methyl sites for hydroxylation is 1. The van der Waals surface area contributed by atoms with Crippen LogP contribution in [0.4, 0.5) is 4.39 Å². The Morgan fingerprint density at radius 3 is 2.71 bits per heavy atom. The maximum Gasteiger partial charge on any atom is 0.273 e. The monoisotopic (exact) mass is 481 g/mol. The number of nitrogens with two attached hydrogens (primary N) is 2. The van der Waals surface area contributed by atoms with E-state index in [4.69, 9.17) is 11.6 Å². The zero-order valence-corrected chi connectivity index (χ0v) is 19.1. The Balaban J connectivity index is 1.34. The summed E-state index contributed by atoms with van der Waals surface area (Å²) in [6.45, 7) is 1.32. The summed E-state index contributed by atoms with van der Waals surface area (Å²) < 4.78 is 15.2. The summed E-state index contributed by atoms with van der Waals surface area (Å²) in [5, 5.41) is 14.5. The molecule has 3 aromatic rings. The number of hydrogen-bond acceptors (Lipinski definition) is 8. The predicted molar refractivity (Wildman–Crippen MR) is 126 cm³/mol. The van der Waals surface area contributed by atoms with E-state index in [2.05, 4.69) is 25.9 Å². The van der Waals surface area contributed by atoms with Gasteiger partial charge in [0.15, 0.2) is 5.69 Å². The van der Waals surface area contributed by atoms with E-state index in [9.17, 15) is 14.0 Å². The molecule has 0 saturated heterocycles. The molecule has 0 unspecified atom stereocenters. The molecule has 0 aliphatic rings. The van der Waals surface area contributed by atoms with Crippen LogP contribution in [0.25, 0.3) is 0 Å². The molecule has 2 aromatic heterocycles. The highest BCUT2D eigenvalue weighted by Crippen LogP contribution is 2.07. The lowest BCUT2D eigenvalue weighted by molar-refractivity contribution is -0.119. The number of pyridine rings is 1. The number of nitrogens with zero attached hydrogens (tertiary/aromatic N) is 5. The van der Waals surface area contributed by atoms with Crippen molar-refractivity contribution in [3.05, 3.63) is 89.6 Å². The van der Waals surface area contributed by atoms with Crippen molar-refractivity contribution in [2.45, 2.75) is 32.4 Å². The van der Waals surface area contributed by atoms with Gasteiger partial charge in [0.05, 0.1) is 31.1 Å². The van der Waals surface area contributed by atoms with Crippen LogP contribution in [0.3, 0.4) is 0 Å². The normalized spacial score (nSPS) is 11.2. The van der Waals surface area contributed by atoms with Crippen molar-refractivity contribution in [1.82, 2.24) is 35.6 Å². The molecule has 6 N–H and O–H groups in total. The minimum atomic E-state index is -0.449. The second kappa shape index (κ2) is 12.8. The van der Waals surface area contributed by atoms with Gasteiger partial charge in [-0.1, -0.05) is 29.5 Å². The zero-order chi connectivity index (χ0) is 25.0. The summed E-state index contributed by atoms with van der Waals surface area (Å²) in [5.41, 5.74) is 7.06. The van der Waals surface area contributed by atoms with E-state index in [1.54, 1.807) is 35.3 Å². The first-order valence-electron chi connectivity index (χ1n) is 11.0. The highest BCUT2D eigenvalue weighted by Gasteiger charge is 2.11. The largest absolute Gasteiger partial charge is 0.384 e. The van der Waals surface area contributed by atoms with Gasteiger partial charge in [-0.2, -0.15) is 0 Å². The van der Waals surface area contributed by atoms with E-state index in [1.165, 1.54) is 23.3 Å². The first-order chi connectivity index (χ1) is 16.9. The number of benzene rings is 1. The smallest absolute Gasteiger partial charge is 0.273 e. The number of hydrogen-bond donors (Lipinski definition) is 4. The molecule has 184 valence electrons. The Bertz CT molecular complexity index is 1150. The van der Waals surface area contributed by atoms with Gasteiger partial charge in [-0.05, 0) is 36.6 Å². The summed E-state index contributed by atoms with van der Waals surface area (Å²) in [5.74, 6) is 4.75. The molecule has 0 bridgehead atoms.